The maximum absolute atomic E-state index is 11.9. The molecule has 3 fully saturated rings. The van der Waals surface area contributed by atoms with Gasteiger partial charge < -0.3 is 10.1 Å². The van der Waals surface area contributed by atoms with Crippen LogP contribution in [0.15, 0.2) is 24.3 Å². The van der Waals surface area contributed by atoms with Gasteiger partial charge >= 0.3 is 0 Å². The van der Waals surface area contributed by atoms with Crippen LogP contribution in [0.5, 0.6) is 0 Å². The molecular formula is C15H16N2O2Y-2. The van der Waals surface area contributed by atoms with E-state index in [1.807, 2.05) is 0 Å². The van der Waals surface area contributed by atoms with E-state index in [0.29, 0.717) is 11.5 Å². The van der Waals surface area contributed by atoms with Crippen LogP contribution in [0.2, 0.25) is 0 Å². The first-order valence-corrected chi connectivity index (χ1v) is 6.70. The second-order valence-corrected chi connectivity index (χ2v) is 5.21. The van der Waals surface area contributed by atoms with Gasteiger partial charge in [0.25, 0.3) is 5.97 Å². The Morgan fingerprint density at radius 2 is 2.10 bits per heavy atom. The van der Waals surface area contributed by atoms with Gasteiger partial charge in [0.1, 0.15) is 6.10 Å². The van der Waals surface area contributed by atoms with Gasteiger partial charge in [0.05, 0.1) is 0 Å². The number of rotatable bonds is 3. The van der Waals surface area contributed by atoms with Crippen LogP contribution >= 0.6 is 0 Å². The number of fused-ring (bicyclic) bond motifs is 3. The molecule has 0 N–H and O–H groups in total. The summed E-state index contributed by atoms with van der Waals surface area (Å²) < 4.78 is 5.45. The first-order chi connectivity index (χ1) is 9.24. The standard InChI is InChI=1S/C15H16N2O2.Y/c16-14(12-4-2-1-3-5-12)15(18)19-13-10-17-8-6-11(13)7-9-17;/h1-4,11,13H,6-10H2;/q-2;. The molecule has 1 aromatic carbocycles. The fourth-order valence-corrected chi connectivity index (χ4v) is 2.89. The molecule has 0 aliphatic carbocycles. The molecule has 0 amide bonds. The van der Waals surface area contributed by atoms with Crippen molar-refractivity contribution in [2.24, 2.45) is 5.92 Å². The fourth-order valence-electron chi connectivity index (χ4n) is 2.89. The molecule has 1 unspecified atom stereocenters. The van der Waals surface area contributed by atoms with Crippen LogP contribution in [0.1, 0.15) is 18.4 Å². The molecule has 0 aromatic heterocycles. The van der Waals surface area contributed by atoms with E-state index in [1.165, 1.54) is 0 Å². The second kappa shape index (κ2) is 6.92. The molecule has 0 saturated carbocycles. The molecule has 4 nitrogen and oxygen atoms in total. The van der Waals surface area contributed by atoms with Crippen molar-refractivity contribution in [3.05, 3.63) is 41.3 Å². The average Bonchev–Trinajstić information content (AvgIpc) is 2.48. The summed E-state index contributed by atoms with van der Waals surface area (Å²) in [5, 5.41) is 9.89. The zero-order valence-corrected chi connectivity index (χ0v) is 14.1. The minimum atomic E-state index is -0.638. The van der Waals surface area contributed by atoms with Gasteiger partial charge in [-0.05, 0) is 31.8 Å². The van der Waals surface area contributed by atoms with Gasteiger partial charge in [-0.25, -0.2) is 0 Å². The summed E-state index contributed by atoms with van der Waals surface area (Å²) >= 11 is 0. The van der Waals surface area contributed by atoms with E-state index < -0.39 is 5.97 Å². The number of hydrogen-bond acceptors (Lipinski definition) is 3. The first kappa shape index (κ1) is 15.8. The van der Waals surface area contributed by atoms with Crippen molar-refractivity contribution in [3.8, 4) is 0 Å². The molecule has 103 valence electrons. The van der Waals surface area contributed by atoms with Crippen molar-refractivity contribution >= 4 is 11.7 Å². The molecule has 20 heavy (non-hydrogen) atoms. The molecule has 5 heteroatoms. The number of hydrogen-bond donors (Lipinski definition) is 0. The summed E-state index contributed by atoms with van der Waals surface area (Å²) in [6.07, 6.45) is 2.08. The van der Waals surface area contributed by atoms with Crippen LogP contribution in [0, 0.1) is 12.0 Å². The smallest absolute Gasteiger partial charge is 0.270 e. The van der Waals surface area contributed by atoms with E-state index >= 15 is 0 Å². The summed E-state index contributed by atoms with van der Waals surface area (Å²) in [6.45, 7) is 2.99. The molecule has 3 heterocycles. The van der Waals surface area contributed by atoms with Crippen molar-refractivity contribution < 1.29 is 42.2 Å². The van der Waals surface area contributed by atoms with Crippen molar-refractivity contribution in [1.82, 2.24) is 4.90 Å². The number of carbonyl (C=O) groups is 1. The van der Waals surface area contributed by atoms with Gasteiger partial charge in [0.2, 0.25) is 0 Å². The average molecular weight is 345 g/mol. The Bertz CT molecular complexity index is 484. The van der Waals surface area contributed by atoms with Crippen LogP contribution < -0.4 is 0 Å². The van der Waals surface area contributed by atoms with E-state index in [-0.39, 0.29) is 44.5 Å². The molecule has 1 atom stereocenters. The van der Waals surface area contributed by atoms with Crippen molar-refractivity contribution in [2.45, 2.75) is 18.9 Å². The molecular weight excluding hydrogens is 329 g/mol. The SMILES string of the molecule is [N-]=C(C(=O)OC1CN2CCC1CC2)c1[c-]cccc1.[Y]. The maximum Gasteiger partial charge on any atom is 0.270 e. The molecule has 4 rings (SSSR count). The van der Waals surface area contributed by atoms with Crippen LogP contribution in [0.3, 0.4) is 0 Å². The summed E-state index contributed by atoms with van der Waals surface area (Å²) in [5.41, 5.74) is 0.0332. The Balaban J connectivity index is 0.00000147. The van der Waals surface area contributed by atoms with Crippen LogP contribution in [0.25, 0.3) is 5.41 Å². The second-order valence-electron chi connectivity index (χ2n) is 5.21. The molecule has 0 spiro atoms. The summed E-state index contributed by atoms with van der Waals surface area (Å²) in [6, 6.07) is 9.67. The number of carbonyl (C=O) groups excluding carboxylic acids is 1. The van der Waals surface area contributed by atoms with Gasteiger partial charge in [-0.2, -0.15) is 11.3 Å². The van der Waals surface area contributed by atoms with Crippen molar-refractivity contribution in [3.63, 3.8) is 0 Å². The van der Waals surface area contributed by atoms with Crippen molar-refractivity contribution in [2.75, 3.05) is 19.6 Å². The third-order valence-electron chi connectivity index (χ3n) is 4.01. The molecule has 3 saturated heterocycles. The topological polar surface area (TPSA) is 51.8 Å². The predicted molar refractivity (Wildman–Crippen MR) is 71.8 cm³/mol. The van der Waals surface area contributed by atoms with Crippen molar-refractivity contribution in [1.29, 1.82) is 0 Å². The molecule has 3 aliphatic heterocycles. The van der Waals surface area contributed by atoms with E-state index in [1.54, 1.807) is 24.3 Å². The fraction of sp³-hybridized carbons (Fsp3) is 0.467. The Labute approximate surface area is 144 Å². The van der Waals surface area contributed by atoms with Crippen LogP contribution in [-0.2, 0) is 42.2 Å². The largest absolute Gasteiger partial charge is 0.850 e. The van der Waals surface area contributed by atoms with Gasteiger partial charge in [-0.3, -0.25) is 9.69 Å². The Morgan fingerprint density at radius 1 is 1.35 bits per heavy atom. The van der Waals surface area contributed by atoms with Crippen LogP contribution in [0.4, 0.5) is 0 Å². The number of ether oxygens (including phenoxy) is 1. The molecule has 1 radical (unpaired) electrons. The quantitative estimate of drug-likeness (QED) is 0.474. The predicted octanol–water partition coefficient (Wildman–Crippen LogP) is 1.48. The number of benzene rings is 1. The zero-order chi connectivity index (χ0) is 13.2. The molecule has 3 aliphatic rings. The minimum absolute atomic E-state index is 0. The van der Waals surface area contributed by atoms with Gasteiger partial charge in [0, 0.05) is 39.3 Å². The Kier molecular flexibility index (Phi) is 5.47. The van der Waals surface area contributed by atoms with E-state index in [9.17, 15) is 10.2 Å². The third-order valence-corrected chi connectivity index (χ3v) is 4.01. The Hall–Kier alpha value is -0.576. The summed E-state index contributed by atoms with van der Waals surface area (Å²) in [5.74, 6) is -0.192. The third kappa shape index (κ3) is 3.36. The van der Waals surface area contributed by atoms with E-state index in [2.05, 4.69) is 11.0 Å². The summed E-state index contributed by atoms with van der Waals surface area (Å²) in [7, 11) is 0. The molecule has 2 bridgehead atoms. The maximum atomic E-state index is 11.9. The van der Waals surface area contributed by atoms with E-state index in [0.717, 1.165) is 32.5 Å². The van der Waals surface area contributed by atoms with Crippen LogP contribution in [-0.4, -0.2) is 42.3 Å². The normalized spacial score (nSPS) is 27.5. The van der Waals surface area contributed by atoms with Gasteiger partial charge in [0.15, 0.2) is 0 Å². The first-order valence-electron chi connectivity index (χ1n) is 6.70. The number of nitrogens with zero attached hydrogens (tertiary/aromatic N) is 2. The number of esters is 1. The Morgan fingerprint density at radius 3 is 2.65 bits per heavy atom. The monoisotopic (exact) mass is 345 g/mol. The van der Waals surface area contributed by atoms with Gasteiger partial charge in [-0.1, -0.05) is 0 Å². The summed E-state index contributed by atoms with van der Waals surface area (Å²) in [4.78, 5) is 14.2. The van der Waals surface area contributed by atoms with E-state index in [4.69, 9.17) is 4.74 Å². The molecule has 1 aromatic rings. The zero-order valence-electron chi connectivity index (χ0n) is 11.3. The minimum Gasteiger partial charge on any atom is -0.850 e. The van der Waals surface area contributed by atoms with Gasteiger partial charge in [-0.15, -0.1) is 30.3 Å². The number of piperidine rings is 3.